The van der Waals surface area contributed by atoms with E-state index in [1.807, 2.05) is 48.7 Å². The SMILES string of the molecule is Cc1ccccc1C(=O)N[C@@H]1CCCCC1NC(=O)C1CCCN(C(=O)c2cccs2)C1. The van der Waals surface area contributed by atoms with Crippen molar-refractivity contribution in [3.63, 3.8) is 0 Å². The Morgan fingerprint density at radius 2 is 1.69 bits per heavy atom. The minimum Gasteiger partial charge on any atom is -0.351 e. The van der Waals surface area contributed by atoms with Crippen LogP contribution in [0.2, 0.25) is 0 Å². The zero-order valence-corrected chi connectivity index (χ0v) is 19.3. The molecule has 1 saturated heterocycles. The molecule has 0 bridgehead atoms. The predicted molar refractivity (Wildman–Crippen MR) is 126 cm³/mol. The summed E-state index contributed by atoms with van der Waals surface area (Å²) < 4.78 is 0. The number of nitrogens with zero attached hydrogens (tertiary/aromatic N) is 1. The van der Waals surface area contributed by atoms with Crippen molar-refractivity contribution in [1.82, 2.24) is 15.5 Å². The molecule has 2 heterocycles. The fourth-order valence-corrected chi connectivity index (χ4v) is 5.47. The topological polar surface area (TPSA) is 78.5 Å². The molecule has 32 heavy (non-hydrogen) atoms. The molecule has 3 amide bonds. The molecule has 6 nitrogen and oxygen atoms in total. The van der Waals surface area contributed by atoms with Crippen molar-refractivity contribution in [2.45, 2.75) is 57.5 Å². The Labute approximate surface area is 193 Å². The largest absolute Gasteiger partial charge is 0.351 e. The molecule has 4 rings (SSSR count). The highest BCUT2D eigenvalue weighted by atomic mass is 32.1. The van der Waals surface area contributed by atoms with Crippen LogP contribution >= 0.6 is 11.3 Å². The molecule has 1 aromatic carbocycles. The second-order valence-electron chi connectivity index (χ2n) is 8.86. The number of aryl methyl sites for hydroxylation is 1. The smallest absolute Gasteiger partial charge is 0.263 e. The standard InChI is InChI=1S/C25H31N3O3S/c1-17-8-2-3-10-19(17)24(30)27-21-12-5-4-11-20(21)26-23(29)18-9-6-14-28(16-18)25(31)22-13-7-15-32-22/h2-3,7-8,10,13,15,18,20-21H,4-6,9,11-12,14,16H2,1H3,(H,26,29)(H,27,30)/t18?,20?,21-/m1/s1. The van der Waals surface area contributed by atoms with Gasteiger partial charge in [-0.25, -0.2) is 0 Å². The van der Waals surface area contributed by atoms with Gasteiger partial charge in [0.1, 0.15) is 0 Å². The van der Waals surface area contributed by atoms with Crippen molar-refractivity contribution in [3.8, 4) is 0 Å². The number of carbonyl (C=O) groups is 3. The molecular formula is C25H31N3O3S. The van der Waals surface area contributed by atoms with Gasteiger partial charge in [-0.3, -0.25) is 14.4 Å². The number of hydrogen-bond donors (Lipinski definition) is 2. The zero-order chi connectivity index (χ0) is 22.5. The molecule has 2 fully saturated rings. The van der Waals surface area contributed by atoms with Gasteiger partial charge in [0.25, 0.3) is 11.8 Å². The van der Waals surface area contributed by atoms with E-state index in [4.69, 9.17) is 0 Å². The van der Waals surface area contributed by atoms with Crippen LogP contribution in [0.4, 0.5) is 0 Å². The number of likely N-dealkylation sites (tertiary alicyclic amines) is 1. The number of thiophene rings is 1. The Kier molecular flexibility index (Phi) is 7.25. The van der Waals surface area contributed by atoms with Crippen LogP contribution in [0.3, 0.4) is 0 Å². The first-order chi connectivity index (χ1) is 15.5. The number of hydrogen-bond acceptors (Lipinski definition) is 4. The number of piperidine rings is 1. The van der Waals surface area contributed by atoms with E-state index in [0.29, 0.717) is 18.7 Å². The maximum absolute atomic E-state index is 13.1. The molecule has 2 unspecified atom stereocenters. The van der Waals surface area contributed by atoms with Crippen LogP contribution in [-0.2, 0) is 4.79 Å². The highest BCUT2D eigenvalue weighted by Crippen LogP contribution is 2.23. The van der Waals surface area contributed by atoms with Crippen LogP contribution in [0, 0.1) is 12.8 Å². The lowest BCUT2D eigenvalue weighted by atomic mass is 9.88. The molecule has 1 saturated carbocycles. The number of carbonyl (C=O) groups excluding carboxylic acids is 3. The zero-order valence-electron chi connectivity index (χ0n) is 18.5. The summed E-state index contributed by atoms with van der Waals surface area (Å²) in [6.45, 7) is 3.08. The maximum Gasteiger partial charge on any atom is 0.263 e. The fraction of sp³-hybridized carbons (Fsp3) is 0.480. The Bertz CT molecular complexity index is 959. The molecule has 2 aromatic rings. The van der Waals surface area contributed by atoms with Crippen LogP contribution in [0.5, 0.6) is 0 Å². The summed E-state index contributed by atoms with van der Waals surface area (Å²) in [5, 5.41) is 8.28. The van der Waals surface area contributed by atoms with E-state index in [2.05, 4.69) is 10.6 Å². The molecule has 1 aliphatic carbocycles. The first kappa shape index (κ1) is 22.5. The highest BCUT2D eigenvalue weighted by Gasteiger charge is 2.33. The van der Waals surface area contributed by atoms with E-state index in [-0.39, 0.29) is 35.7 Å². The summed E-state index contributed by atoms with van der Waals surface area (Å²) in [6, 6.07) is 11.1. The fourth-order valence-electron chi connectivity index (χ4n) is 4.78. The van der Waals surface area contributed by atoms with Gasteiger partial charge in [-0.1, -0.05) is 37.1 Å². The van der Waals surface area contributed by atoms with E-state index in [9.17, 15) is 14.4 Å². The molecule has 0 spiro atoms. The van der Waals surface area contributed by atoms with Crippen molar-refractivity contribution in [2.24, 2.45) is 5.92 Å². The maximum atomic E-state index is 13.1. The quantitative estimate of drug-likeness (QED) is 0.723. The average molecular weight is 454 g/mol. The third kappa shape index (κ3) is 5.21. The summed E-state index contributed by atoms with van der Waals surface area (Å²) in [5.74, 6) is -0.281. The van der Waals surface area contributed by atoms with Crippen molar-refractivity contribution in [1.29, 1.82) is 0 Å². The molecule has 0 radical (unpaired) electrons. The summed E-state index contributed by atoms with van der Waals surface area (Å²) in [7, 11) is 0. The molecule has 2 aliphatic rings. The molecule has 1 aromatic heterocycles. The predicted octanol–water partition coefficient (Wildman–Crippen LogP) is 3.77. The number of nitrogens with one attached hydrogen (secondary N) is 2. The lowest BCUT2D eigenvalue weighted by molar-refractivity contribution is -0.127. The number of rotatable bonds is 5. The monoisotopic (exact) mass is 453 g/mol. The Hall–Kier alpha value is -2.67. The summed E-state index contributed by atoms with van der Waals surface area (Å²) in [4.78, 5) is 41.2. The van der Waals surface area contributed by atoms with Crippen molar-refractivity contribution < 1.29 is 14.4 Å². The van der Waals surface area contributed by atoms with Gasteiger partial charge >= 0.3 is 0 Å². The van der Waals surface area contributed by atoms with E-state index >= 15 is 0 Å². The summed E-state index contributed by atoms with van der Waals surface area (Å²) in [5.41, 5.74) is 1.62. The Morgan fingerprint density at radius 1 is 0.938 bits per heavy atom. The molecule has 1 aliphatic heterocycles. The lowest BCUT2D eigenvalue weighted by Gasteiger charge is -2.36. The third-order valence-corrected chi connectivity index (χ3v) is 7.47. The van der Waals surface area contributed by atoms with E-state index in [1.54, 1.807) is 4.90 Å². The Morgan fingerprint density at radius 3 is 2.41 bits per heavy atom. The minimum atomic E-state index is -0.206. The molecule has 170 valence electrons. The number of amides is 3. The molecule has 3 atom stereocenters. The molecule has 7 heteroatoms. The Balaban J connectivity index is 1.37. The summed E-state index contributed by atoms with van der Waals surface area (Å²) >= 11 is 1.44. The van der Waals surface area contributed by atoms with E-state index in [1.165, 1.54) is 11.3 Å². The minimum absolute atomic E-state index is 0.00396. The van der Waals surface area contributed by atoms with Gasteiger partial charge < -0.3 is 15.5 Å². The first-order valence-corrected chi connectivity index (χ1v) is 12.4. The lowest BCUT2D eigenvalue weighted by Crippen LogP contribution is -2.55. The highest BCUT2D eigenvalue weighted by molar-refractivity contribution is 7.12. The second kappa shape index (κ2) is 10.3. The van der Waals surface area contributed by atoms with Crippen molar-refractivity contribution in [2.75, 3.05) is 13.1 Å². The normalized spacial score (nSPS) is 23.4. The van der Waals surface area contributed by atoms with E-state index in [0.717, 1.165) is 49.0 Å². The average Bonchev–Trinajstić information content (AvgIpc) is 3.35. The first-order valence-electron chi connectivity index (χ1n) is 11.5. The summed E-state index contributed by atoms with van der Waals surface area (Å²) in [6.07, 6.45) is 5.40. The third-order valence-electron chi connectivity index (χ3n) is 6.61. The van der Waals surface area contributed by atoms with Crippen LogP contribution in [0.25, 0.3) is 0 Å². The second-order valence-corrected chi connectivity index (χ2v) is 9.81. The van der Waals surface area contributed by atoms with Crippen LogP contribution < -0.4 is 10.6 Å². The van der Waals surface area contributed by atoms with Crippen molar-refractivity contribution in [3.05, 3.63) is 57.8 Å². The van der Waals surface area contributed by atoms with Gasteiger partial charge in [0.2, 0.25) is 5.91 Å². The van der Waals surface area contributed by atoms with Gasteiger partial charge in [-0.2, -0.15) is 0 Å². The van der Waals surface area contributed by atoms with E-state index < -0.39 is 0 Å². The molecular weight excluding hydrogens is 422 g/mol. The van der Waals surface area contributed by atoms with Gasteiger partial charge in [0.05, 0.1) is 10.8 Å². The van der Waals surface area contributed by atoms with Crippen molar-refractivity contribution >= 4 is 29.1 Å². The van der Waals surface area contributed by atoms with Crippen LogP contribution in [-0.4, -0.2) is 47.8 Å². The van der Waals surface area contributed by atoms with Gasteiger partial charge in [0.15, 0.2) is 0 Å². The van der Waals surface area contributed by atoms with Crippen LogP contribution in [0.15, 0.2) is 41.8 Å². The van der Waals surface area contributed by atoms with Gasteiger partial charge in [-0.05, 0) is 55.7 Å². The number of benzene rings is 1. The van der Waals surface area contributed by atoms with Gasteiger partial charge in [0, 0.05) is 30.7 Å². The van der Waals surface area contributed by atoms with Gasteiger partial charge in [-0.15, -0.1) is 11.3 Å². The molecule has 2 N–H and O–H groups in total. The van der Waals surface area contributed by atoms with Crippen LogP contribution in [0.1, 0.15) is 64.1 Å².